The maximum absolute atomic E-state index is 12.1. The molecule has 0 heterocycles. The molecule has 0 N–H and O–H groups in total. The molecule has 0 radical (unpaired) electrons. The zero-order valence-electron chi connectivity index (χ0n) is 11.3. The van der Waals surface area contributed by atoms with Gasteiger partial charge >= 0.3 is 6.95 Å². The zero-order valence-corrected chi connectivity index (χ0v) is 13.0. The SMILES string of the molecule is CC(C)c1ccc(OP(=O)(Cl)Oc2ccccc2)cc1. The quantitative estimate of drug-likeness (QED) is 0.673. The molecule has 0 saturated carbocycles. The van der Waals surface area contributed by atoms with E-state index in [2.05, 4.69) is 13.8 Å². The van der Waals surface area contributed by atoms with Crippen LogP contribution in [0, 0.1) is 0 Å². The topological polar surface area (TPSA) is 35.5 Å². The van der Waals surface area contributed by atoms with Crippen LogP contribution in [-0.4, -0.2) is 0 Å². The van der Waals surface area contributed by atoms with E-state index in [1.54, 1.807) is 36.4 Å². The predicted octanol–water partition coefficient (Wildman–Crippen LogP) is 5.61. The zero-order chi connectivity index (χ0) is 14.6. The summed E-state index contributed by atoms with van der Waals surface area (Å²) in [6.45, 7) is 0.493. The Morgan fingerprint density at radius 2 is 1.40 bits per heavy atom. The van der Waals surface area contributed by atoms with Crippen molar-refractivity contribution in [3.63, 3.8) is 0 Å². The van der Waals surface area contributed by atoms with Gasteiger partial charge in [-0.05, 0) is 35.7 Å². The number of rotatable bonds is 5. The van der Waals surface area contributed by atoms with Gasteiger partial charge in [0.25, 0.3) is 0 Å². The molecule has 20 heavy (non-hydrogen) atoms. The Hall–Kier alpha value is -1.44. The highest BCUT2D eigenvalue weighted by atomic mass is 35.7. The largest absolute Gasteiger partial charge is 0.530 e. The number of hydrogen-bond donors (Lipinski definition) is 0. The molecule has 1 atom stereocenters. The first kappa shape index (κ1) is 15.0. The first-order valence-corrected chi connectivity index (χ1v) is 8.75. The summed E-state index contributed by atoms with van der Waals surface area (Å²) in [6, 6.07) is 16.0. The molecule has 0 fully saturated rings. The second-order valence-electron chi connectivity index (χ2n) is 4.65. The molecule has 1 unspecified atom stereocenters. The Bertz CT molecular complexity index is 596. The molecule has 0 aromatic heterocycles. The summed E-state index contributed by atoms with van der Waals surface area (Å²) in [5.41, 5.74) is 1.17. The van der Waals surface area contributed by atoms with E-state index in [1.165, 1.54) is 5.56 Å². The van der Waals surface area contributed by atoms with Crippen LogP contribution in [0.3, 0.4) is 0 Å². The van der Waals surface area contributed by atoms with Crippen molar-refractivity contribution >= 4 is 18.2 Å². The van der Waals surface area contributed by atoms with E-state index in [0.29, 0.717) is 17.4 Å². The monoisotopic (exact) mass is 310 g/mol. The fourth-order valence-electron chi connectivity index (χ4n) is 1.67. The maximum Gasteiger partial charge on any atom is 0.530 e. The molecule has 0 saturated heterocycles. The summed E-state index contributed by atoms with van der Waals surface area (Å²) in [7, 11) is 0. The summed E-state index contributed by atoms with van der Waals surface area (Å²) in [6.07, 6.45) is 0. The van der Waals surface area contributed by atoms with Gasteiger partial charge in [-0.1, -0.05) is 44.2 Å². The third kappa shape index (κ3) is 4.29. The van der Waals surface area contributed by atoms with E-state index in [4.69, 9.17) is 20.3 Å². The highest BCUT2D eigenvalue weighted by Crippen LogP contribution is 2.53. The summed E-state index contributed by atoms with van der Waals surface area (Å²) in [5.74, 6) is 1.25. The van der Waals surface area contributed by atoms with Crippen LogP contribution in [0.4, 0.5) is 0 Å². The second kappa shape index (κ2) is 6.34. The molecule has 2 rings (SSSR count). The Balaban J connectivity index is 2.06. The number of halogens is 1. The van der Waals surface area contributed by atoms with Gasteiger partial charge in [-0.25, -0.2) is 4.57 Å². The molecule has 0 aliphatic carbocycles. The summed E-state index contributed by atoms with van der Waals surface area (Å²) < 4.78 is 22.5. The Labute approximate surface area is 123 Å². The number of para-hydroxylation sites is 1. The minimum atomic E-state index is -3.70. The van der Waals surface area contributed by atoms with Gasteiger partial charge in [0, 0.05) is 11.2 Å². The lowest BCUT2D eigenvalue weighted by atomic mass is 10.0. The van der Waals surface area contributed by atoms with Crippen LogP contribution in [0.5, 0.6) is 11.5 Å². The van der Waals surface area contributed by atoms with Crippen molar-refractivity contribution < 1.29 is 13.6 Å². The van der Waals surface area contributed by atoms with Gasteiger partial charge in [0.1, 0.15) is 11.5 Å². The molecule has 2 aromatic rings. The van der Waals surface area contributed by atoms with Crippen LogP contribution < -0.4 is 9.05 Å². The van der Waals surface area contributed by atoms with Gasteiger partial charge < -0.3 is 9.05 Å². The molecule has 3 nitrogen and oxygen atoms in total. The lowest BCUT2D eigenvalue weighted by Crippen LogP contribution is -1.95. The molecule has 0 bridgehead atoms. The van der Waals surface area contributed by atoms with Crippen molar-refractivity contribution in [2.75, 3.05) is 0 Å². The number of hydrogen-bond acceptors (Lipinski definition) is 3. The molecule has 0 aliphatic rings. The lowest BCUT2D eigenvalue weighted by Gasteiger charge is -2.14. The second-order valence-corrected chi connectivity index (χ2v) is 7.12. The predicted molar refractivity (Wildman–Crippen MR) is 81.7 cm³/mol. The third-order valence-corrected chi connectivity index (χ3v) is 3.99. The Morgan fingerprint density at radius 3 is 1.90 bits per heavy atom. The van der Waals surface area contributed by atoms with Gasteiger partial charge in [0.2, 0.25) is 0 Å². The van der Waals surface area contributed by atoms with Crippen LogP contribution in [0.15, 0.2) is 54.6 Å². The van der Waals surface area contributed by atoms with Gasteiger partial charge in [-0.3, -0.25) is 0 Å². The highest BCUT2D eigenvalue weighted by molar-refractivity contribution is 7.82. The van der Waals surface area contributed by atoms with Gasteiger partial charge in [-0.2, -0.15) is 0 Å². The van der Waals surface area contributed by atoms with Crippen LogP contribution in [-0.2, 0) is 4.57 Å². The fourth-order valence-corrected chi connectivity index (χ4v) is 2.93. The maximum atomic E-state index is 12.1. The standard InChI is InChI=1S/C15H16ClO3P/c1-12(2)13-8-10-15(11-9-13)19-20(16,17)18-14-6-4-3-5-7-14/h3-12H,1-2H3. The van der Waals surface area contributed by atoms with Gasteiger partial charge in [0.15, 0.2) is 0 Å². The van der Waals surface area contributed by atoms with Crippen molar-refractivity contribution in [1.82, 2.24) is 0 Å². The number of benzene rings is 2. The Kier molecular flexibility index (Phi) is 4.74. The van der Waals surface area contributed by atoms with E-state index in [1.807, 2.05) is 18.2 Å². The van der Waals surface area contributed by atoms with E-state index in [-0.39, 0.29) is 0 Å². The molecule has 106 valence electrons. The smallest absolute Gasteiger partial charge is 0.405 e. The van der Waals surface area contributed by atoms with Crippen molar-refractivity contribution in [1.29, 1.82) is 0 Å². The van der Waals surface area contributed by atoms with Crippen molar-refractivity contribution in [3.05, 3.63) is 60.2 Å². The molecular formula is C15H16ClO3P. The van der Waals surface area contributed by atoms with E-state index in [9.17, 15) is 4.57 Å². The Morgan fingerprint density at radius 1 is 0.900 bits per heavy atom. The van der Waals surface area contributed by atoms with Crippen molar-refractivity contribution in [3.8, 4) is 11.5 Å². The molecular weight excluding hydrogens is 295 g/mol. The lowest BCUT2D eigenvalue weighted by molar-refractivity contribution is 0.406. The van der Waals surface area contributed by atoms with Gasteiger partial charge in [0.05, 0.1) is 0 Å². The molecule has 2 aromatic carbocycles. The van der Waals surface area contributed by atoms with Crippen molar-refractivity contribution in [2.45, 2.75) is 19.8 Å². The minimum Gasteiger partial charge on any atom is -0.405 e. The highest BCUT2D eigenvalue weighted by Gasteiger charge is 2.24. The van der Waals surface area contributed by atoms with Gasteiger partial charge in [-0.15, -0.1) is 0 Å². The van der Waals surface area contributed by atoms with Crippen LogP contribution in [0.1, 0.15) is 25.3 Å². The average Bonchev–Trinajstić information content (AvgIpc) is 2.39. The third-order valence-electron chi connectivity index (χ3n) is 2.72. The first-order valence-electron chi connectivity index (χ1n) is 6.30. The molecule has 0 aliphatic heterocycles. The minimum absolute atomic E-state index is 0.407. The summed E-state index contributed by atoms with van der Waals surface area (Å²) in [4.78, 5) is 0. The average molecular weight is 311 g/mol. The van der Waals surface area contributed by atoms with E-state index >= 15 is 0 Å². The van der Waals surface area contributed by atoms with Crippen LogP contribution in [0.25, 0.3) is 0 Å². The fraction of sp³-hybridized carbons (Fsp3) is 0.200. The molecule has 5 heteroatoms. The molecule has 0 spiro atoms. The molecule has 0 amide bonds. The summed E-state index contributed by atoms with van der Waals surface area (Å²) >= 11 is 5.82. The van der Waals surface area contributed by atoms with Crippen molar-refractivity contribution in [2.24, 2.45) is 0 Å². The summed E-state index contributed by atoms with van der Waals surface area (Å²) in [5, 5.41) is 0. The van der Waals surface area contributed by atoms with Crippen LogP contribution >= 0.6 is 18.2 Å². The van der Waals surface area contributed by atoms with E-state index in [0.717, 1.165) is 0 Å². The van der Waals surface area contributed by atoms with Crippen LogP contribution in [0.2, 0.25) is 0 Å². The first-order chi connectivity index (χ1) is 9.46. The normalized spacial score (nSPS) is 13.8. The van der Waals surface area contributed by atoms with E-state index < -0.39 is 6.95 Å².